The number of carbonyl (C=O) groups excluding carboxylic acids is 3. The van der Waals surface area contributed by atoms with Gasteiger partial charge in [-0.2, -0.15) is 8.75 Å². The van der Waals surface area contributed by atoms with Crippen molar-refractivity contribution in [3.63, 3.8) is 0 Å². The average molecular weight is 416 g/mol. The number of benzene rings is 2. The highest BCUT2D eigenvalue weighted by molar-refractivity contribution is 7.00. The van der Waals surface area contributed by atoms with Gasteiger partial charge in [0, 0.05) is 12.1 Å². The first-order valence-corrected chi connectivity index (χ1v) is 8.68. The van der Waals surface area contributed by atoms with Gasteiger partial charge < -0.3 is 14.8 Å². The summed E-state index contributed by atoms with van der Waals surface area (Å²) in [6.45, 7) is -0.650. The summed E-state index contributed by atoms with van der Waals surface area (Å²) in [5.41, 5.74) is 0.557. The summed E-state index contributed by atoms with van der Waals surface area (Å²) in [5, 5.41) is 13.6. The number of anilines is 1. The number of nitrogens with zero attached hydrogens (tertiary/aromatic N) is 3. The molecule has 0 radical (unpaired) electrons. The summed E-state index contributed by atoms with van der Waals surface area (Å²) in [7, 11) is 1.10. The Kier molecular flexibility index (Phi) is 5.74. The first-order valence-electron chi connectivity index (χ1n) is 7.95. The first kappa shape index (κ1) is 19.8. The van der Waals surface area contributed by atoms with E-state index in [1.54, 1.807) is 18.2 Å². The standard InChI is InChI=1S/C17H12N4O7S/c1-27-16(23)9-5-10(7-11(6-9)21(25)26)17(24)28-8-14(22)18-12-3-2-4-13-15(12)20-29-19-13/h2-7H,8H2,1H3,(H,18,22). The molecule has 0 saturated heterocycles. The fraction of sp³-hybridized carbons (Fsp3) is 0.118. The molecule has 1 heterocycles. The van der Waals surface area contributed by atoms with Crippen molar-refractivity contribution >= 4 is 52.0 Å². The van der Waals surface area contributed by atoms with Crippen LogP contribution in [0.25, 0.3) is 11.0 Å². The highest BCUT2D eigenvalue weighted by Crippen LogP contribution is 2.21. The number of esters is 2. The summed E-state index contributed by atoms with van der Waals surface area (Å²) in [4.78, 5) is 46.2. The monoisotopic (exact) mass is 416 g/mol. The zero-order valence-corrected chi connectivity index (χ0v) is 15.6. The van der Waals surface area contributed by atoms with Crippen molar-refractivity contribution in [1.82, 2.24) is 8.75 Å². The second kappa shape index (κ2) is 8.39. The minimum atomic E-state index is -1.01. The number of nitro groups is 1. The zero-order chi connectivity index (χ0) is 21.0. The van der Waals surface area contributed by atoms with Crippen LogP contribution in [-0.4, -0.2) is 45.2 Å². The van der Waals surface area contributed by atoms with Crippen LogP contribution < -0.4 is 5.32 Å². The van der Waals surface area contributed by atoms with E-state index in [1.165, 1.54) is 0 Å². The van der Waals surface area contributed by atoms with E-state index in [9.17, 15) is 24.5 Å². The number of hydrogen-bond acceptors (Lipinski definition) is 10. The summed E-state index contributed by atoms with van der Waals surface area (Å²) in [6.07, 6.45) is 0. The van der Waals surface area contributed by atoms with Crippen LogP contribution in [0.3, 0.4) is 0 Å². The van der Waals surface area contributed by atoms with Gasteiger partial charge in [0.05, 0.1) is 40.6 Å². The Morgan fingerprint density at radius 2 is 1.86 bits per heavy atom. The third-order valence-corrected chi connectivity index (χ3v) is 4.22. The van der Waals surface area contributed by atoms with E-state index < -0.39 is 35.1 Å². The number of amides is 1. The first-order chi connectivity index (χ1) is 13.9. The van der Waals surface area contributed by atoms with Gasteiger partial charge in [-0.15, -0.1) is 0 Å². The van der Waals surface area contributed by atoms with Gasteiger partial charge in [0.25, 0.3) is 11.6 Å². The maximum Gasteiger partial charge on any atom is 0.338 e. The third-order valence-electron chi connectivity index (χ3n) is 3.68. The summed E-state index contributed by atoms with van der Waals surface area (Å²) in [5.74, 6) is -2.51. The lowest BCUT2D eigenvalue weighted by atomic mass is 10.1. The smallest absolute Gasteiger partial charge is 0.338 e. The Labute approximate surface area is 166 Å². The predicted molar refractivity (Wildman–Crippen MR) is 101 cm³/mol. The van der Waals surface area contributed by atoms with Gasteiger partial charge in [-0.1, -0.05) is 6.07 Å². The van der Waals surface area contributed by atoms with Crippen molar-refractivity contribution in [2.45, 2.75) is 0 Å². The minimum Gasteiger partial charge on any atom is -0.465 e. The molecule has 0 aliphatic carbocycles. The maximum atomic E-state index is 12.2. The van der Waals surface area contributed by atoms with Gasteiger partial charge in [-0.3, -0.25) is 14.9 Å². The van der Waals surface area contributed by atoms with Crippen molar-refractivity contribution in [3.8, 4) is 0 Å². The lowest BCUT2D eigenvalue weighted by Crippen LogP contribution is -2.21. The van der Waals surface area contributed by atoms with Crippen molar-refractivity contribution in [1.29, 1.82) is 0 Å². The van der Waals surface area contributed by atoms with Crippen LogP contribution in [0, 0.1) is 10.1 Å². The molecule has 3 rings (SSSR count). The van der Waals surface area contributed by atoms with Gasteiger partial charge in [0.15, 0.2) is 6.61 Å². The van der Waals surface area contributed by atoms with Gasteiger partial charge in [0.1, 0.15) is 11.0 Å². The molecular formula is C17H12N4O7S. The number of nitrogens with one attached hydrogen (secondary N) is 1. The second-order valence-electron chi connectivity index (χ2n) is 5.58. The summed E-state index contributed by atoms with van der Waals surface area (Å²) in [6, 6.07) is 8.03. The van der Waals surface area contributed by atoms with Crippen LogP contribution in [0.2, 0.25) is 0 Å². The molecule has 1 N–H and O–H groups in total. The molecule has 0 aliphatic heterocycles. The molecule has 0 atom stereocenters. The maximum absolute atomic E-state index is 12.2. The molecule has 12 heteroatoms. The number of rotatable bonds is 6. The molecule has 148 valence electrons. The molecular weight excluding hydrogens is 404 g/mol. The Bertz CT molecular complexity index is 1130. The molecule has 1 aromatic heterocycles. The van der Waals surface area contributed by atoms with E-state index in [1.807, 2.05) is 0 Å². The minimum absolute atomic E-state index is 0.194. The second-order valence-corrected chi connectivity index (χ2v) is 6.11. The fourth-order valence-corrected chi connectivity index (χ4v) is 2.93. The molecule has 0 aliphatic rings. The number of non-ortho nitro benzene ring substituents is 1. The highest BCUT2D eigenvalue weighted by atomic mass is 32.1. The predicted octanol–water partition coefficient (Wildman–Crippen LogP) is 2.18. The largest absolute Gasteiger partial charge is 0.465 e. The Hall–Kier alpha value is -3.93. The SMILES string of the molecule is COC(=O)c1cc(C(=O)OCC(=O)Nc2cccc3nsnc23)cc([N+](=O)[O-])c1. The van der Waals surface area contributed by atoms with Crippen molar-refractivity contribution < 1.29 is 28.8 Å². The lowest BCUT2D eigenvalue weighted by molar-refractivity contribution is -0.384. The van der Waals surface area contributed by atoms with Crippen LogP contribution in [0.15, 0.2) is 36.4 Å². The molecule has 0 saturated carbocycles. The van der Waals surface area contributed by atoms with E-state index in [2.05, 4.69) is 18.8 Å². The van der Waals surface area contributed by atoms with Gasteiger partial charge in [0.2, 0.25) is 0 Å². The molecule has 29 heavy (non-hydrogen) atoms. The number of hydrogen-bond donors (Lipinski definition) is 1. The van der Waals surface area contributed by atoms with E-state index in [-0.39, 0.29) is 11.1 Å². The number of methoxy groups -OCH3 is 1. The Morgan fingerprint density at radius 3 is 2.55 bits per heavy atom. The molecule has 11 nitrogen and oxygen atoms in total. The van der Waals surface area contributed by atoms with Crippen LogP contribution >= 0.6 is 11.7 Å². The van der Waals surface area contributed by atoms with Gasteiger partial charge >= 0.3 is 11.9 Å². The lowest BCUT2D eigenvalue weighted by Gasteiger charge is -2.08. The molecule has 0 unspecified atom stereocenters. The summed E-state index contributed by atoms with van der Waals surface area (Å²) < 4.78 is 17.5. The van der Waals surface area contributed by atoms with E-state index in [0.29, 0.717) is 16.7 Å². The molecule has 0 fully saturated rings. The number of aromatic nitrogens is 2. The van der Waals surface area contributed by atoms with Crippen molar-refractivity contribution in [3.05, 3.63) is 57.6 Å². The quantitative estimate of drug-likeness (QED) is 0.362. The number of fused-ring (bicyclic) bond motifs is 1. The molecule has 0 spiro atoms. The number of nitro benzene ring substituents is 1. The van der Waals surface area contributed by atoms with Gasteiger partial charge in [-0.05, 0) is 18.2 Å². The zero-order valence-electron chi connectivity index (χ0n) is 14.8. The topological polar surface area (TPSA) is 151 Å². The number of ether oxygens (including phenoxy) is 2. The molecule has 2 aromatic carbocycles. The van der Waals surface area contributed by atoms with Crippen molar-refractivity contribution in [2.75, 3.05) is 19.0 Å². The Morgan fingerprint density at radius 1 is 1.14 bits per heavy atom. The van der Waals surface area contributed by atoms with Crippen molar-refractivity contribution in [2.24, 2.45) is 0 Å². The average Bonchev–Trinajstić information content (AvgIpc) is 3.21. The van der Waals surface area contributed by atoms with E-state index in [0.717, 1.165) is 37.0 Å². The highest BCUT2D eigenvalue weighted by Gasteiger charge is 2.20. The molecule has 1 amide bonds. The van der Waals surface area contributed by atoms with Crippen LogP contribution in [0.1, 0.15) is 20.7 Å². The molecule has 0 bridgehead atoms. The third kappa shape index (κ3) is 4.50. The van der Waals surface area contributed by atoms with Crippen LogP contribution in [0.5, 0.6) is 0 Å². The normalized spacial score (nSPS) is 10.4. The Balaban J connectivity index is 1.70. The summed E-state index contributed by atoms with van der Waals surface area (Å²) >= 11 is 0.989. The van der Waals surface area contributed by atoms with E-state index in [4.69, 9.17) is 4.74 Å². The van der Waals surface area contributed by atoms with Crippen LogP contribution in [-0.2, 0) is 14.3 Å². The van der Waals surface area contributed by atoms with Gasteiger partial charge in [-0.25, -0.2) is 9.59 Å². The molecule has 3 aromatic rings. The van der Waals surface area contributed by atoms with E-state index >= 15 is 0 Å². The number of carbonyl (C=O) groups is 3. The van der Waals surface area contributed by atoms with Crippen LogP contribution in [0.4, 0.5) is 11.4 Å². The fourth-order valence-electron chi connectivity index (χ4n) is 2.38.